The van der Waals surface area contributed by atoms with E-state index >= 15 is 0 Å². The van der Waals surface area contributed by atoms with Crippen molar-refractivity contribution < 1.29 is 17.9 Å². The number of amides is 1. The number of rotatable bonds is 5. The van der Waals surface area contributed by atoms with E-state index in [0.717, 1.165) is 11.1 Å². The highest BCUT2D eigenvalue weighted by atomic mass is 32.2. The van der Waals surface area contributed by atoms with Crippen LogP contribution in [0.2, 0.25) is 0 Å². The molecular formula is C22H22N2O4S2. The molecule has 0 bridgehead atoms. The molecule has 2 heterocycles. The third-order valence-corrected chi connectivity index (χ3v) is 7.98. The van der Waals surface area contributed by atoms with E-state index in [2.05, 4.69) is 5.32 Å². The van der Waals surface area contributed by atoms with Crippen LogP contribution in [0.15, 0.2) is 64.9 Å². The average molecular weight is 443 g/mol. The minimum atomic E-state index is -3.83. The van der Waals surface area contributed by atoms with E-state index in [9.17, 15) is 13.2 Å². The van der Waals surface area contributed by atoms with Gasteiger partial charge in [-0.1, -0.05) is 30.3 Å². The summed E-state index contributed by atoms with van der Waals surface area (Å²) in [4.78, 5) is 12.9. The summed E-state index contributed by atoms with van der Waals surface area (Å²) >= 11 is 1.66. The highest BCUT2D eigenvalue weighted by Crippen LogP contribution is 2.41. The first-order chi connectivity index (χ1) is 14.4. The van der Waals surface area contributed by atoms with Gasteiger partial charge in [-0.25, -0.2) is 8.42 Å². The van der Waals surface area contributed by atoms with Crippen molar-refractivity contribution in [1.29, 1.82) is 0 Å². The maximum atomic E-state index is 13.7. The second-order valence-corrected chi connectivity index (χ2v) is 9.91. The Labute approximate surface area is 180 Å². The Bertz CT molecular complexity index is 1170. The summed E-state index contributed by atoms with van der Waals surface area (Å²) in [6.07, 6.45) is 0.671. The Hall–Kier alpha value is -2.68. The number of hydrogen-bond acceptors (Lipinski definition) is 5. The number of sulfonamides is 1. The molecule has 0 spiro atoms. The lowest BCUT2D eigenvalue weighted by Gasteiger charge is -2.35. The van der Waals surface area contributed by atoms with Gasteiger partial charge in [0.2, 0.25) is 15.9 Å². The number of anilines is 1. The number of nitrogens with zero attached hydrogens (tertiary/aromatic N) is 1. The number of ether oxygens (including phenoxy) is 1. The number of carbonyl (C=O) groups is 1. The fourth-order valence-electron chi connectivity index (χ4n) is 3.80. The first kappa shape index (κ1) is 20.6. The number of benzene rings is 2. The summed E-state index contributed by atoms with van der Waals surface area (Å²) < 4.78 is 34.2. The van der Waals surface area contributed by atoms with E-state index < -0.39 is 16.1 Å². The van der Waals surface area contributed by atoms with Crippen molar-refractivity contribution in [3.63, 3.8) is 0 Å². The fraction of sp³-hybridized carbons (Fsp3) is 0.227. The van der Waals surface area contributed by atoms with Gasteiger partial charge in [0.15, 0.2) is 0 Å². The minimum Gasteiger partial charge on any atom is -0.495 e. The normalized spacial score (nSPS) is 16.7. The van der Waals surface area contributed by atoms with Crippen molar-refractivity contribution in [2.24, 2.45) is 0 Å². The molecule has 0 saturated carbocycles. The summed E-state index contributed by atoms with van der Waals surface area (Å²) in [6.45, 7) is 1.76. The molecular weight excluding hydrogens is 420 g/mol. The molecule has 0 radical (unpaired) electrons. The molecule has 1 aliphatic rings. The van der Waals surface area contributed by atoms with Crippen LogP contribution in [-0.4, -0.2) is 32.3 Å². The summed E-state index contributed by atoms with van der Waals surface area (Å²) in [5.41, 5.74) is 2.28. The van der Waals surface area contributed by atoms with Gasteiger partial charge in [-0.3, -0.25) is 4.79 Å². The lowest BCUT2D eigenvalue weighted by atomic mass is 9.95. The zero-order valence-electron chi connectivity index (χ0n) is 16.7. The van der Waals surface area contributed by atoms with Crippen LogP contribution in [0.3, 0.4) is 0 Å². The fourth-order valence-corrected chi connectivity index (χ4v) is 6.33. The molecule has 1 amide bonds. The molecule has 0 saturated heterocycles. The van der Waals surface area contributed by atoms with E-state index in [0.29, 0.717) is 24.4 Å². The molecule has 1 N–H and O–H groups in total. The lowest BCUT2D eigenvalue weighted by Crippen LogP contribution is -2.40. The van der Waals surface area contributed by atoms with Crippen LogP contribution in [0.5, 0.6) is 5.75 Å². The molecule has 2 aromatic carbocycles. The lowest BCUT2D eigenvalue weighted by molar-refractivity contribution is -0.114. The van der Waals surface area contributed by atoms with Gasteiger partial charge in [-0.15, -0.1) is 11.3 Å². The molecule has 1 aromatic heterocycles. The van der Waals surface area contributed by atoms with Crippen LogP contribution >= 0.6 is 11.3 Å². The largest absolute Gasteiger partial charge is 0.495 e. The quantitative estimate of drug-likeness (QED) is 0.647. The third-order valence-electron chi connectivity index (χ3n) is 5.13. The average Bonchev–Trinajstić information content (AvgIpc) is 3.22. The van der Waals surface area contributed by atoms with Crippen molar-refractivity contribution in [3.05, 3.63) is 76.0 Å². The summed E-state index contributed by atoms with van der Waals surface area (Å²) in [5, 5.41) is 4.66. The van der Waals surface area contributed by atoms with Gasteiger partial charge < -0.3 is 10.1 Å². The van der Waals surface area contributed by atoms with Crippen LogP contribution in [0.25, 0.3) is 0 Å². The van der Waals surface area contributed by atoms with Crippen LogP contribution in [0, 0.1) is 0 Å². The second-order valence-electron chi connectivity index (χ2n) is 7.02. The molecule has 156 valence electrons. The Balaban J connectivity index is 1.81. The third kappa shape index (κ3) is 3.74. The van der Waals surface area contributed by atoms with E-state index in [-0.39, 0.29) is 10.8 Å². The van der Waals surface area contributed by atoms with Crippen molar-refractivity contribution >= 4 is 33.0 Å². The number of thiophene rings is 1. The van der Waals surface area contributed by atoms with Crippen molar-refractivity contribution in [1.82, 2.24) is 4.31 Å². The van der Waals surface area contributed by atoms with Crippen LogP contribution < -0.4 is 10.1 Å². The SMILES string of the molecule is COc1ccc(S(=O)(=O)N2CCc3sccc3[C@@H]2c2ccccc2)cc1NC(C)=O. The Morgan fingerprint density at radius 2 is 1.93 bits per heavy atom. The predicted octanol–water partition coefficient (Wildman–Crippen LogP) is 4.05. The molecule has 0 unspecified atom stereocenters. The number of fused-ring (bicyclic) bond motifs is 1. The molecule has 6 nitrogen and oxygen atoms in total. The standard InChI is InChI=1S/C22H22N2O4S2/c1-15(25)23-19-14-17(8-9-20(19)28-2)30(26,27)24-12-10-21-18(11-13-29-21)22(24)16-6-4-3-5-7-16/h3-9,11,13-14,22H,10,12H2,1-2H3,(H,23,25)/t22-/m0/s1. The maximum absolute atomic E-state index is 13.7. The summed E-state index contributed by atoms with van der Waals surface area (Å²) in [7, 11) is -2.36. The van der Waals surface area contributed by atoms with Crippen molar-refractivity contribution in [2.45, 2.75) is 24.3 Å². The van der Waals surface area contributed by atoms with Gasteiger partial charge in [0, 0.05) is 18.3 Å². The number of methoxy groups -OCH3 is 1. The van der Waals surface area contributed by atoms with Crippen molar-refractivity contribution in [2.75, 3.05) is 19.0 Å². The molecule has 0 aliphatic carbocycles. The number of nitrogens with one attached hydrogen (secondary N) is 1. The van der Waals surface area contributed by atoms with Crippen LogP contribution in [-0.2, 0) is 21.2 Å². The highest BCUT2D eigenvalue weighted by molar-refractivity contribution is 7.89. The molecule has 30 heavy (non-hydrogen) atoms. The van der Waals surface area contributed by atoms with Gasteiger partial charge in [-0.2, -0.15) is 4.31 Å². The second kappa shape index (κ2) is 8.22. The Morgan fingerprint density at radius 1 is 1.17 bits per heavy atom. The molecule has 1 atom stereocenters. The smallest absolute Gasteiger partial charge is 0.244 e. The van der Waals surface area contributed by atoms with E-state index in [1.807, 2.05) is 41.8 Å². The molecule has 8 heteroatoms. The van der Waals surface area contributed by atoms with E-state index in [4.69, 9.17) is 4.74 Å². The molecule has 0 fully saturated rings. The van der Waals surface area contributed by atoms with Gasteiger partial charge in [-0.05, 0) is 47.2 Å². The van der Waals surface area contributed by atoms with E-state index in [1.165, 1.54) is 31.0 Å². The minimum absolute atomic E-state index is 0.117. The topological polar surface area (TPSA) is 75.7 Å². The predicted molar refractivity (Wildman–Crippen MR) is 117 cm³/mol. The molecule has 3 aromatic rings. The van der Waals surface area contributed by atoms with Gasteiger partial charge in [0.05, 0.1) is 23.7 Å². The van der Waals surface area contributed by atoms with Crippen LogP contribution in [0.1, 0.15) is 29.0 Å². The molecule has 1 aliphatic heterocycles. The maximum Gasteiger partial charge on any atom is 0.244 e. The molecule has 4 rings (SSSR count). The Morgan fingerprint density at radius 3 is 2.63 bits per heavy atom. The van der Waals surface area contributed by atoms with Crippen molar-refractivity contribution in [3.8, 4) is 5.75 Å². The monoisotopic (exact) mass is 442 g/mol. The van der Waals surface area contributed by atoms with Gasteiger partial charge in [0.1, 0.15) is 5.75 Å². The number of hydrogen-bond donors (Lipinski definition) is 1. The zero-order chi connectivity index (χ0) is 21.3. The first-order valence-corrected chi connectivity index (χ1v) is 11.8. The highest BCUT2D eigenvalue weighted by Gasteiger charge is 2.38. The zero-order valence-corrected chi connectivity index (χ0v) is 18.3. The van der Waals surface area contributed by atoms with Crippen LogP contribution in [0.4, 0.5) is 5.69 Å². The summed E-state index contributed by atoms with van der Waals surface area (Å²) in [6, 6.07) is 15.8. The van der Waals surface area contributed by atoms with E-state index in [1.54, 1.807) is 21.7 Å². The Kier molecular flexibility index (Phi) is 5.64. The number of carbonyl (C=O) groups excluding carboxylic acids is 1. The summed E-state index contributed by atoms with van der Waals surface area (Å²) in [5.74, 6) is 0.105. The van der Waals surface area contributed by atoms with Gasteiger partial charge >= 0.3 is 0 Å². The van der Waals surface area contributed by atoms with Gasteiger partial charge in [0.25, 0.3) is 0 Å². The first-order valence-electron chi connectivity index (χ1n) is 9.50.